The molecular weight excluding hydrogens is 264 g/mol. The zero-order chi connectivity index (χ0) is 13.2. The van der Waals surface area contributed by atoms with Crippen molar-refractivity contribution in [1.82, 2.24) is 0 Å². The second-order valence-corrected chi connectivity index (χ2v) is 5.02. The van der Waals surface area contributed by atoms with Crippen molar-refractivity contribution >= 4 is 11.6 Å². The van der Waals surface area contributed by atoms with Crippen LogP contribution in [-0.2, 0) is 0 Å². The molecule has 0 saturated heterocycles. The lowest BCUT2D eigenvalue weighted by atomic mass is 10.1. The third kappa shape index (κ3) is 2.43. The Kier molecular flexibility index (Phi) is 3.38. The third-order valence-electron chi connectivity index (χ3n) is 3.20. The van der Waals surface area contributed by atoms with Crippen LogP contribution in [0.3, 0.4) is 0 Å². The molecule has 3 nitrogen and oxygen atoms in total. The molecule has 1 aliphatic rings. The molecule has 3 rings (SSSR count). The molecule has 1 aliphatic heterocycles. The van der Waals surface area contributed by atoms with Crippen molar-refractivity contribution in [1.29, 1.82) is 0 Å². The zero-order valence-corrected chi connectivity index (χ0v) is 11.4. The van der Waals surface area contributed by atoms with Crippen LogP contribution in [0.5, 0.6) is 11.5 Å². The molecule has 0 amide bonds. The first-order valence-electron chi connectivity index (χ1n) is 6.33. The summed E-state index contributed by atoms with van der Waals surface area (Å²) in [6.45, 7) is 3.34. The van der Waals surface area contributed by atoms with Gasteiger partial charge in [0.05, 0.1) is 19.5 Å². The fraction of sp³-hybridized carbons (Fsp3) is 0.333. The molecule has 0 saturated carbocycles. The number of ether oxygens (including phenoxy) is 2. The number of furan rings is 1. The van der Waals surface area contributed by atoms with E-state index >= 15 is 0 Å². The van der Waals surface area contributed by atoms with Crippen molar-refractivity contribution in [3.05, 3.63) is 47.4 Å². The van der Waals surface area contributed by atoms with E-state index in [0.29, 0.717) is 13.2 Å². The number of halogens is 1. The summed E-state index contributed by atoms with van der Waals surface area (Å²) in [5, 5.41) is -0.313. The molecule has 0 spiro atoms. The number of alkyl halides is 1. The highest BCUT2D eigenvalue weighted by Crippen LogP contribution is 2.37. The lowest BCUT2D eigenvalue weighted by Gasteiger charge is -2.12. The summed E-state index contributed by atoms with van der Waals surface area (Å²) >= 11 is 6.47. The smallest absolute Gasteiger partial charge is 0.161 e. The fourth-order valence-electron chi connectivity index (χ4n) is 2.13. The van der Waals surface area contributed by atoms with Gasteiger partial charge in [-0.1, -0.05) is 6.07 Å². The third-order valence-corrected chi connectivity index (χ3v) is 3.65. The standard InChI is InChI=1S/C15H15ClO3/c1-10-5-8-19-15(10)14(16)11-3-4-12-13(9-11)18-7-2-6-17-12/h3-5,8-9,14H,2,6-7H2,1H3. The summed E-state index contributed by atoms with van der Waals surface area (Å²) in [5.41, 5.74) is 2.00. The number of hydrogen-bond donors (Lipinski definition) is 0. The second kappa shape index (κ2) is 5.17. The maximum Gasteiger partial charge on any atom is 0.161 e. The average Bonchev–Trinajstić information content (AvgIpc) is 2.72. The normalized spacial score (nSPS) is 15.9. The highest BCUT2D eigenvalue weighted by molar-refractivity contribution is 6.22. The number of benzene rings is 1. The van der Waals surface area contributed by atoms with Crippen molar-refractivity contribution in [2.75, 3.05) is 13.2 Å². The Labute approximate surface area is 117 Å². The highest BCUT2D eigenvalue weighted by Gasteiger charge is 2.19. The molecule has 2 aromatic rings. The molecule has 1 atom stereocenters. The van der Waals surface area contributed by atoms with Crippen LogP contribution in [0, 0.1) is 6.92 Å². The van der Waals surface area contributed by atoms with Gasteiger partial charge in [0.25, 0.3) is 0 Å². The van der Waals surface area contributed by atoms with Crippen LogP contribution in [-0.4, -0.2) is 13.2 Å². The van der Waals surface area contributed by atoms with E-state index in [4.69, 9.17) is 25.5 Å². The summed E-state index contributed by atoms with van der Waals surface area (Å²) in [7, 11) is 0. The number of fused-ring (bicyclic) bond motifs is 1. The summed E-state index contributed by atoms with van der Waals surface area (Å²) < 4.78 is 16.7. The largest absolute Gasteiger partial charge is 0.490 e. The minimum absolute atomic E-state index is 0.313. The lowest BCUT2D eigenvalue weighted by Crippen LogP contribution is -1.97. The van der Waals surface area contributed by atoms with Crippen LogP contribution in [0.25, 0.3) is 0 Å². The van der Waals surface area contributed by atoms with Gasteiger partial charge in [-0.3, -0.25) is 0 Å². The first kappa shape index (κ1) is 12.4. The molecule has 100 valence electrons. The first-order chi connectivity index (χ1) is 9.25. The van der Waals surface area contributed by atoms with Crippen LogP contribution in [0.4, 0.5) is 0 Å². The van der Waals surface area contributed by atoms with Crippen LogP contribution >= 0.6 is 11.6 Å². The summed E-state index contributed by atoms with van der Waals surface area (Å²) in [6.07, 6.45) is 2.55. The van der Waals surface area contributed by atoms with Crippen molar-refractivity contribution < 1.29 is 13.9 Å². The molecule has 19 heavy (non-hydrogen) atoms. The molecular formula is C15H15ClO3. The second-order valence-electron chi connectivity index (χ2n) is 4.59. The van der Waals surface area contributed by atoms with Crippen LogP contribution in [0.2, 0.25) is 0 Å². The topological polar surface area (TPSA) is 31.6 Å². The van der Waals surface area contributed by atoms with Gasteiger partial charge in [-0.2, -0.15) is 0 Å². The highest BCUT2D eigenvalue weighted by atomic mass is 35.5. The molecule has 0 bridgehead atoms. The van der Waals surface area contributed by atoms with E-state index in [-0.39, 0.29) is 5.38 Å². The number of hydrogen-bond acceptors (Lipinski definition) is 3. The predicted molar refractivity (Wildman–Crippen MR) is 73.2 cm³/mol. The van der Waals surface area contributed by atoms with E-state index in [1.165, 1.54) is 0 Å². The molecule has 0 fully saturated rings. The van der Waals surface area contributed by atoms with Gasteiger partial charge in [0, 0.05) is 6.42 Å². The molecule has 0 radical (unpaired) electrons. The Balaban J connectivity index is 1.93. The molecule has 0 N–H and O–H groups in total. The number of rotatable bonds is 2. The van der Waals surface area contributed by atoms with Crippen molar-refractivity contribution in [2.45, 2.75) is 18.7 Å². The van der Waals surface area contributed by atoms with Crippen molar-refractivity contribution in [3.8, 4) is 11.5 Å². The van der Waals surface area contributed by atoms with Gasteiger partial charge >= 0.3 is 0 Å². The Morgan fingerprint density at radius 2 is 1.89 bits per heavy atom. The van der Waals surface area contributed by atoms with Crippen molar-refractivity contribution in [2.24, 2.45) is 0 Å². The van der Waals surface area contributed by atoms with Crippen LogP contribution in [0.15, 0.2) is 34.9 Å². The Hall–Kier alpha value is -1.61. The van der Waals surface area contributed by atoms with Gasteiger partial charge in [-0.25, -0.2) is 0 Å². The maximum atomic E-state index is 6.47. The van der Waals surface area contributed by atoms with E-state index in [1.54, 1.807) is 6.26 Å². The van der Waals surface area contributed by atoms with Gasteiger partial charge in [0.2, 0.25) is 0 Å². The molecule has 2 heterocycles. The number of aryl methyl sites for hydroxylation is 1. The molecule has 4 heteroatoms. The maximum absolute atomic E-state index is 6.47. The summed E-state index contributed by atoms with van der Waals surface area (Å²) in [4.78, 5) is 0. The first-order valence-corrected chi connectivity index (χ1v) is 6.77. The van der Waals surface area contributed by atoms with E-state index in [9.17, 15) is 0 Å². The molecule has 0 aliphatic carbocycles. The van der Waals surface area contributed by atoms with E-state index < -0.39 is 0 Å². The fourth-order valence-corrected chi connectivity index (χ4v) is 2.49. The molecule has 1 unspecified atom stereocenters. The lowest BCUT2D eigenvalue weighted by molar-refractivity contribution is 0.297. The minimum atomic E-state index is -0.313. The SMILES string of the molecule is Cc1ccoc1C(Cl)c1ccc2c(c1)OCCCO2. The van der Waals surface area contributed by atoms with E-state index in [1.807, 2.05) is 31.2 Å². The molecule has 1 aromatic carbocycles. The Bertz CT molecular complexity index is 577. The predicted octanol–water partition coefficient (Wildman–Crippen LogP) is 4.08. The van der Waals surface area contributed by atoms with Crippen LogP contribution < -0.4 is 9.47 Å². The van der Waals surface area contributed by atoms with Crippen LogP contribution in [0.1, 0.15) is 28.7 Å². The van der Waals surface area contributed by atoms with E-state index in [2.05, 4.69) is 0 Å². The molecule has 1 aromatic heterocycles. The summed E-state index contributed by atoms with van der Waals surface area (Å²) in [5.74, 6) is 2.31. The van der Waals surface area contributed by atoms with Gasteiger partial charge in [0.15, 0.2) is 11.5 Å². The van der Waals surface area contributed by atoms with Gasteiger partial charge in [0.1, 0.15) is 11.1 Å². The van der Waals surface area contributed by atoms with Gasteiger partial charge in [-0.05, 0) is 36.2 Å². The zero-order valence-electron chi connectivity index (χ0n) is 10.7. The Morgan fingerprint density at radius 3 is 2.63 bits per heavy atom. The minimum Gasteiger partial charge on any atom is -0.490 e. The average molecular weight is 279 g/mol. The van der Waals surface area contributed by atoms with Gasteiger partial charge < -0.3 is 13.9 Å². The summed E-state index contributed by atoms with van der Waals surface area (Å²) in [6, 6.07) is 7.70. The van der Waals surface area contributed by atoms with E-state index in [0.717, 1.165) is 34.8 Å². The quantitative estimate of drug-likeness (QED) is 0.776. The Morgan fingerprint density at radius 1 is 1.11 bits per heavy atom. The monoisotopic (exact) mass is 278 g/mol. The van der Waals surface area contributed by atoms with Crippen molar-refractivity contribution in [3.63, 3.8) is 0 Å². The van der Waals surface area contributed by atoms with Gasteiger partial charge in [-0.15, -0.1) is 11.6 Å².